The highest BCUT2D eigenvalue weighted by Gasteiger charge is 2.26. The summed E-state index contributed by atoms with van der Waals surface area (Å²) >= 11 is 0. The number of rotatable bonds is 1. The number of nitrogens with zero attached hydrogens (tertiary/aromatic N) is 1. The Kier molecular flexibility index (Phi) is 2.31. The van der Waals surface area contributed by atoms with Gasteiger partial charge < -0.3 is 22.1 Å². The molecule has 0 amide bonds. The lowest BCUT2D eigenvalue weighted by atomic mass is 10.2. The first-order chi connectivity index (χ1) is 6.66. The van der Waals surface area contributed by atoms with Gasteiger partial charge in [-0.05, 0) is 24.3 Å². The van der Waals surface area contributed by atoms with Crippen molar-refractivity contribution >= 4 is 11.4 Å². The lowest BCUT2D eigenvalue weighted by molar-refractivity contribution is 0.642. The molecule has 1 aliphatic heterocycles. The van der Waals surface area contributed by atoms with Crippen LogP contribution in [0.1, 0.15) is 0 Å². The van der Waals surface area contributed by atoms with E-state index in [2.05, 4.69) is 4.90 Å². The van der Waals surface area contributed by atoms with Crippen LogP contribution < -0.4 is 22.1 Å². The minimum atomic E-state index is 0.0764. The van der Waals surface area contributed by atoms with Gasteiger partial charge in [-0.15, -0.1) is 0 Å². The fourth-order valence-corrected chi connectivity index (χ4v) is 1.75. The largest absolute Gasteiger partial charge is 0.399 e. The van der Waals surface area contributed by atoms with Gasteiger partial charge in [0.1, 0.15) is 0 Å². The molecule has 0 bridgehead atoms. The van der Waals surface area contributed by atoms with Crippen molar-refractivity contribution in [1.82, 2.24) is 0 Å². The number of benzene rings is 1. The maximum absolute atomic E-state index is 5.84. The van der Waals surface area contributed by atoms with Crippen LogP contribution >= 0.6 is 0 Å². The van der Waals surface area contributed by atoms with Crippen molar-refractivity contribution in [3.8, 4) is 0 Å². The topological polar surface area (TPSA) is 81.3 Å². The molecule has 14 heavy (non-hydrogen) atoms. The van der Waals surface area contributed by atoms with E-state index in [9.17, 15) is 0 Å². The van der Waals surface area contributed by atoms with Crippen molar-refractivity contribution in [2.24, 2.45) is 11.5 Å². The molecule has 0 aliphatic carbocycles. The Bertz CT molecular complexity index is 298. The van der Waals surface area contributed by atoms with Crippen LogP contribution in [0.4, 0.5) is 11.4 Å². The van der Waals surface area contributed by atoms with Crippen molar-refractivity contribution in [3.05, 3.63) is 24.3 Å². The monoisotopic (exact) mass is 192 g/mol. The van der Waals surface area contributed by atoms with Crippen LogP contribution in [0.5, 0.6) is 0 Å². The zero-order valence-electron chi connectivity index (χ0n) is 8.06. The normalized spacial score (nSPS) is 26.9. The zero-order chi connectivity index (χ0) is 10.1. The van der Waals surface area contributed by atoms with Crippen LogP contribution in [0.2, 0.25) is 0 Å². The van der Waals surface area contributed by atoms with Crippen molar-refractivity contribution in [2.45, 2.75) is 12.1 Å². The average molecular weight is 192 g/mol. The summed E-state index contributed by atoms with van der Waals surface area (Å²) in [5, 5.41) is 0. The molecule has 1 aromatic carbocycles. The van der Waals surface area contributed by atoms with Crippen molar-refractivity contribution in [1.29, 1.82) is 0 Å². The van der Waals surface area contributed by atoms with Gasteiger partial charge in [0.15, 0.2) is 0 Å². The summed E-state index contributed by atoms with van der Waals surface area (Å²) in [6.07, 6.45) is 0. The Hall–Kier alpha value is -1.26. The van der Waals surface area contributed by atoms with Crippen LogP contribution in [0, 0.1) is 0 Å². The van der Waals surface area contributed by atoms with Crippen LogP contribution in [-0.4, -0.2) is 25.2 Å². The van der Waals surface area contributed by atoms with E-state index in [1.54, 1.807) is 0 Å². The first kappa shape index (κ1) is 9.30. The first-order valence-corrected chi connectivity index (χ1v) is 4.78. The molecule has 4 nitrogen and oxygen atoms in total. The van der Waals surface area contributed by atoms with E-state index in [4.69, 9.17) is 17.2 Å². The van der Waals surface area contributed by atoms with Crippen molar-refractivity contribution in [3.63, 3.8) is 0 Å². The Morgan fingerprint density at radius 3 is 2.00 bits per heavy atom. The molecule has 76 valence electrons. The Morgan fingerprint density at radius 1 is 1.00 bits per heavy atom. The van der Waals surface area contributed by atoms with Gasteiger partial charge in [0.2, 0.25) is 0 Å². The minimum Gasteiger partial charge on any atom is -0.399 e. The SMILES string of the molecule is Nc1ccc(N2CC(N)C(N)C2)cc1. The Labute approximate surface area is 83.7 Å². The van der Waals surface area contributed by atoms with Gasteiger partial charge >= 0.3 is 0 Å². The summed E-state index contributed by atoms with van der Waals surface area (Å²) in [6.45, 7) is 1.65. The van der Waals surface area contributed by atoms with Gasteiger partial charge in [-0.2, -0.15) is 0 Å². The quantitative estimate of drug-likeness (QED) is 0.536. The average Bonchev–Trinajstić information content (AvgIpc) is 2.48. The summed E-state index contributed by atoms with van der Waals surface area (Å²) in [6, 6.07) is 7.94. The molecule has 1 aromatic rings. The lowest BCUT2D eigenvalue weighted by Gasteiger charge is -2.17. The molecule has 1 heterocycles. The smallest absolute Gasteiger partial charge is 0.0388 e. The van der Waals surface area contributed by atoms with E-state index in [0.717, 1.165) is 24.5 Å². The second kappa shape index (κ2) is 3.48. The minimum absolute atomic E-state index is 0.0764. The summed E-state index contributed by atoms with van der Waals surface area (Å²) in [4.78, 5) is 2.19. The van der Waals surface area contributed by atoms with E-state index in [-0.39, 0.29) is 12.1 Å². The summed E-state index contributed by atoms with van der Waals surface area (Å²) < 4.78 is 0. The molecule has 4 heteroatoms. The summed E-state index contributed by atoms with van der Waals surface area (Å²) in [7, 11) is 0. The maximum Gasteiger partial charge on any atom is 0.0388 e. The molecule has 0 aromatic heterocycles. The number of hydrogen-bond donors (Lipinski definition) is 3. The fraction of sp³-hybridized carbons (Fsp3) is 0.400. The second-order valence-electron chi connectivity index (χ2n) is 3.82. The summed E-state index contributed by atoms with van der Waals surface area (Å²) in [5.74, 6) is 0. The van der Waals surface area contributed by atoms with E-state index in [1.165, 1.54) is 0 Å². The van der Waals surface area contributed by atoms with Gasteiger partial charge in [-0.25, -0.2) is 0 Å². The molecule has 1 saturated heterocycles. The highest BCUT2D eigenvalue weighted by atomic mass is 15.2. The molecule has 1 aliphatic rings. The predicted molar refractivity (Wildman–Crippen MR) is 59.0 cm³/mol. The molecule has 2 unspecified atom stereocenters. The molecule has 6 N–H and O–H groups in total. The molecule has 2 atom stereocenters. The van der Waals surface area contributed by atoms with Crippen molar-refractivity contribution < 1.29 is 0 Å². The van der Waals surface area contributed by atoms with Gasteiger partial charge in [-0.1, -0.05) is 0 Å². The third-order valence-electron chi connectivity index (χ3n) is 2.67. The lowest BCUT2D eigenvalue weighted by Crippen LogP contribution is -2.39. The predicted octanol–water partition coefficient (Wildman–Crippen LogP) is -0.257. The third-order valence-corrected chi connectivity index (χ3v) is 2.67. The molecule has 0 spiro atoms. The zero-order valence-corrected chi connectivity index (χ0v) is 8.06. The molecule has 0 radical (unpaired) electrons. The second-order valence-corrected chi connectivity index (χ2v) is 3.82. The molecule has 2 rings (SSSR count). The molecular weight excluding hydrogens is 176 g/mol. The van der Waals surface area contributed by atoms with E-state index >= 15 is 0 Å². The molecule has 1 fully saturated rings. The fourth-order valence-electron chi connectivity index (χ4n) is 1.75. The van der Waals surface area contributed by atoms with Gasteiger partial charge in [0.25, 0.3) is 0 Å². The number of anilines is 2. The van der Waals surface area contributed by atoms with E-state index in [1.807, 2.05) is 24.3 Å². The third kappa shape index (κ3) is 1.66. The standard InChI is InChI=1S/C10H16N4/c11-7-1-3-8(4-2-7)14-5-9(12)10(13)6-14/h1-4,9-10H,5-6,11-13H2. The maximum atomic E-state index is 5.84. The molecular formula is C10H16N4. The Morgan fingerprint density at radius 2 is 1.50 bits per heavy atom. The van der Waals surface area contributed by atoms with Crippen LogP contribution in [-0.2, 0) is 0 Å². The first-order valence-electron chi connectivity index (χ1n) is 4.78. The number of hydrogen-bond acceptors (Lipinski definition) is 4. The van der Waals surface area contributed by atoms with Gasteiger partial charge in [0, 0.05) is 36.5 Å². The van der Waals surface area contributed by atoms with Crippen LogP contribution in [0.15, 0.2) is 24.3 Å². The van der Waals surface area contributed by atoms with E-state index in [0.29, 0.717) is 0 Å². The Balaban J connectivity index is 2.13. The summed E-state index contributed by atoms with van der Waals surface area (Å²) in [5.41, 5.74) is 19.2. The van der Waals surface area contributed by atoms with Gasteiger partial charge in [0.05, 0.1) is 0 Å². The highest BCUT2D eigenvalue weighted by molar-refractivity contribution is 5.54. The molecule has 0 saturated carbocycles. The number of nitrogen functional groups attached to an aromatic ring is 1. The van der Waals surface area contributed by atoms with Crippen LogP contribution in [0.3, 0.4) is 0 Å². The van der Waals surface area contributed by atoms with Crippen LogP contribution in [0.25, 0.3) is 0 Å². The van der Waals surface area contributed by atoms with Crippen molar-refractivity contribution in [2.75, 3.05) is 23.7 Å². The van der Waals surface area contributed by atoms with E-state index < -0.39 is 0 Å². The highest BCUT2D eigenvalue weighted by Crippen LogP contribution is 2.20. The van der Waals surface area contributed by atoms with Gasteiger partial charge in [-0.3, -0.25) is 0 Å². The number of nitrogens with two attached hydrogens (primary N) is 3.